The lowest BCUT2D eigenvalue weighted by atomic mass is 10.2. The van der Waals surface area contributed by atoms with Crippen molar-refractivity contribution in [3.63, 3.8) is 0 Å². The summed E-state index contributed by atoms with van der Waals surface area (Å²) in [6.45, 7) is 2.93. The highest BCUT2D eigenvalue weighted by molar-refractivity contribution is 5.79. The van der Waals surface area contributed by atoms with E-state index in [1.54, 1.807) is 39.5 Å². The fourth-order valence-electron chi connectivity index (χ4n) is 2.42. The molecule has 1 unspecified atom stereocenters. The second kappa shape index (κ2) is 10.2. The molecule has 0 aliphatic rings. The van der Waals surface area contributed by atoms with Gasteiger partial charge in [-0.15, -0.1) is 0 Å². The van der Waals surface area contributed by atoms with Crippen molar-refractivity contribution in [1.29, 1.82) is 0 Å². The highest BCUT2D eigenvalue weighted by atomic mass is 16.5. The maximum Gasteiger partial charge on any atom is 0.191 e. The summed E-state index contributed by atoms with van der Waals surface area (Å²) in [6.07, 6.45) is -0.0825. The van der Waals surface area contributed by atoms with Gasteiger partial charge in [0.25, 0.3) is 0 Å². The van der Waals surface area contributed by atoms with Gasteiger partial charge >= 0.3 is 0 Å². The molecule has 0 bridgehead atoms. The predicted molar refractivity (Wildman–Crippen MR) is 106 cm³/mol. The van der Waals surface area contributed by atoms with Crippen LogP contribution in [-0.4, -0.2) is 45.0 Å². The minimum atomic E-state index is -0.0825. The molecule has 0 fully saturated rings. The zero-order valence-electron chi connectivity index (χ0n) is 16.2. The van der Waals surface area contributed by atoms with Gasteiger partial charge < -0.3 is 30.0 Å². The number of ether oxygens (including phenoxy) is 3. The summed E-state index contributed by atoms with van der Waals surface area (Å²) in [5, 5.41) is 16.3. The maximum atomic E-state index is 9.95. The molecular weight excluding hydrogens is 346 g/mol. The van der Waals surface area contributed by atoms with Crippen LogP contribution in [0.15, 0.2) is 47.5 Å². The summed E-state index contributed by atoms with van der Waals surface area (Å²) < 4.78 is 16.3. The second-order valence-electron chi connectivity index (χ2n) is 5.91. The van der Waals surface area contributed by atoms with E-state index in [1.165, 1.54) is 0 Å². The minimum Gasteiger partial charge on any atom is -0.508 e. The molecule has 2 aromatic rings. The number of methoxy groups -OCH3 is 2. The van der Waals surface area contributed by atoms with Crippen LogP contribution in [-0.2, 0) is 6.54 Å². The number of guanidine groups is 1. The Morgan fingerprint density at radius 3 is 2.44 bits per heavy atom. The van der Waals surface area contributed by atoms with Crippen LogP contribution in [0.3, 0.4) is 0 Å². The van der Waals surface area contributed by atoms with Crippen LogP contribution < -0.4 is 24.8 Å². The van der Waals surface area contributed by atoms with Gasteiger partial charge in [0, 0.05) is 25.2 Å². The molecule has 1 atom stereocenters. The van der Waals surface area contributed by atoms with Crippen LogP contribution in [0.25, 0.3) is 0 Å². The molecule has 7 nitrogen and oxygen atoms in total. The van der Waals surface area contributed by atoms with Gasteiger partial charge in [0.15, 0.2) is 5.96 Å². The maximum absolute atomic E-state index is 9.95. The van der Waals surface area contributed by atoms with Crippen molar-refractivity contribution in [2.24, 2.45) is 4.99 Å². The Kier molecular flexibility index (Phi) is 7.61. The third kappa shape index (κ3) is 6.29. The number of aliphatic imine (C=N–C) groups is 1. The quantitative estimate of drug-likeness (QED) is 0.487. The van der Waals surface area contributed by atoms with Crippen LogP contribution >= 0.6 is 0 Å². The Bertz CT molecular complexity index is 765. The van der Waals surface area contributed by atoms with E-state index in [9.17, 15) is 5.11 Å². The van der Waals surface area contributed by atoms with Crippen LogP contribution in [0.5, 0.6) is 23.0 Å². The van der Waals surface area contributed by atoms with Gasteiger partial charge in [0.1, 0.15) is 29.1 Å². The molecule has 146 valence electrons. The van der Waals surface area contributed by atoms with Crippen molar-refractivity contribution in [2.75, 3.05) is 27.8 Å². The highest BCUT2D eigenvalue weighted by Gasteiger charge is 2.08. The zero-order chi connectivity index (χ0) is 19.6. The molecule has 0 aliphatic carbocycles. The van der Waals surface area contributed by atoms with Crippen molar-refractivity contribution in [2.45, 2.75) is 19.6 Å². The Balaban J connectivity index is 1.84. The smallest absolute Gasteiger partial charge is 0.191 e. The lowest BCUT2D eigenvalue weighted by molar-refractivity contribution is 0.223. The van der Waals surface area contributed by atoms with E-state index in [-0.39, 0.29) is 11.9 Å². The van der Waals surface area contributed by atoms with Crippen LogP contribution in [0.4, 0.5) is 0 Å². The number of phenols is 1. The predicted octanol–water partition coefficient (Wildman–Crippen LogP) is 2.54. The fourth-order valence-corrected chi connectivity index (χ4v) is 2.42. The Labute approximate surface area is 160 Å². The lowest BCUT2D eigenvalue weighted by Gasteiger charge is -2.18. The summed E-state index contributed by atoms with van der Waals surface area (Å²) in [5.41, 5.74) is 0.720. The standard InChI is InChI=1S/C20H27N3O4/c1-14(27-18-7-5-6-16(11-18)25-3)12-22-20(21-2)23-13-15-10-17(26-4)8-9-19(15)24/h5-11,14,24H,12-13H2,1-4H3,(H2,21,22,23). The monoisotopic (exact) mass is 373 g/mol. The number of nitrogens with zero attached hydrogens (tertiary/aromatic N) is 1. The first-order valence-corrected chi connectivity index (χ1v) is 8.66. The van der Waals surface area contributed by atoms with Crippen LogP contribution in [0.2, 0.25) is 0 Å². The number of benzene rings is 2. The Morgan fingerprint density at radius 1 is 1.04 bits per heavy atom. The van der Waals surface area contributed by atoms with Gasteiger partial charge in [-0.25, -0.2) is 0 Å². The van der Waals surface area contributed by atoms with Crippen molar-refractivity contribution < 1.29 is 19.3 Å². The van der Waals surface area contributed by atoms with Crippen LogP contribution in [0, 0.1) is 0 Å². The van der Waals surface area contributed by atoms with E-state index in [0.29, 0.717) is 24.8 Å². The molecule has 0 heterocycles. The third-order valence-corrected chi connectivity index (χ3v) is 3.89. The van der Waals surface area contributed by atoms with Gasteiger partial charge in [-0.05, 0) is 37.3 Å². The highest BCUT2D eigenvalue weighted by Crippen LogP contribution is 2.22. The molecular formula is C20H27N3O4. The van der Waals surface area contributed by atoms with E-state index in [4.69, 9.17) is 14.2 Å². The minimum absolute atomic E-state index is 0.0825. The Hall–Kier alpha value is -3.09. The first kappa shape index (κ1) is 20.2. The largest absolute Gasteiger partial charge is 0.508 e. The summed E-state index contributed by atoms with van der Waals surface area (Å²) in [5.74, 6) is 3.00. The first-order chi connectivity index (χ1) is 13.0. The van der Waals surface area contributed by atoms with Gasteiger partial charge in [0.05, 0.1) is 20.8 Å². The van der Waals surface area contributed by atoms with Crippen molar-refractivity contribution >= 4 is 5.96 Å². The van der Waals surface area contributed by atoms with Crippen molar-refractivity contribution in [1.82, 2.24) is 10.6 Å². The average Bonchev–Trinajstić information content (AvgIpc) is 2.69. The van der Waals surface area contributed by atoms with E-state index in [1.807, 2.05) is 31.2 Å². The molecule has 0 amide bonds. The normalized spacial score (nSPS) is 12.2. The summed E-state index contributed by atoms with van der Waals surface area (Å²) in [4.78, 5) is 4.19. The third-order valence-electron chi connectivity index (χ3n) is 3.89. The molecule has 3 N–H and O–H groups in total. The zero-order valence-corrected chi connectivity index (χ0v) is 16.2. The summed E-state index contributed by atoms with van der Waals surface area (Å²) in [6, 6.07) is 12.6. The lowest BCUT2D eigenvalue weighted by Crippen LogP contribution is -2.41. The second-order valence-corrected chi connectivity index (χ2v) is 5.91. The topological polar surface area (TPSA) is 84.3 Å². The molecule has 2 aromatic carbocycles. The van der Waals surface area contributed by atoms with Crippen LogP contribution in [0.1, 0.15) is 12.5 Å². The summed E-state index contributed by atoms with van der Waals surface area (Å²) >= 11 is 0. The molecule has 0 saturated heterocycles. The number of aromatic hydroxyl groups is 1. The molecule has 2 rings (SSSR count). The van der Waals surface area contributed by atoms with Gasteiger partial charge in [-0.2, -0.15) is 0 Å². The van der Waals surface area contributed by atoms with Gasteiger partial charge in [-0.3, -0.25) is 4.99 Å². The number of rotatable bonds is 8. The molecule has 7 heteroatoms. The summed E-state index contributed by atoms with van der Waals surface area (Å²) in [7, 11) is 4.90. The van der Waals surface area contributed by atoms with E-state index in [0.717, 1.165) is 17.1 Å². The van der Waals surface area contributed by atoms with E-state index in [2.05, 4.69) is 15.6 Å². The molecule has 0 aromatic heterocycles. The average molecular weight is 373 g/mol. The fraction of sp³-hybridized carbons (Fsp3) is 0.350. The SMILES string of the molecule is CN=C(NCc1cc(OC)ccc1O)NCC(C)Oc1cccc(OC)c1. The molecule has 0 spiro atoms. The molecule has 0 radical (unpaired) electrons. The van der Waals surface area contributed by atoms with E-state index >= 15 is 0 Å². The Morgan fingerprint density at radius 2 is 1.74 bits per heavy atom. The van der Waals surface area contributed by atoms with E-state index < -0.39 is 0 Å². The number of hydrogen-bond donors (Lipinski definition) is 3. The number of nitrogens with one attached hydrogen (secondary N) is 2. The first-order valence-electron chi connectivity index (χ1n) is 8.66. The number of phenolic OH excluding ortho intramolecular Hbond substituents is 1. The molecule has 0 aliphatic heterocycles. The van der Waals surface area contributed by atoms with Crippen molar-refractivity contribution in [3.05, 3.63) is 48.0 Å². The van der Waals surface area contributed by atoms with Gasteiger partial charge in [-0.1, -0.05) is 6.07 Å². The van der Waals surface area contributed by atoms with Crippen molar-refractivity contribution in [3.8, 4) is 23.0 Å². The molecule has 27 heavy (non-hydrogen) atoms. The number of hydrogen-bond acceptors (Lipinski definition) is 5. The molecule has 0 saturated carbocycles. The van der Waals surface area contributed by atoms with Gasteiger partial charge in [0.2, 0.25) is 0 Å².